The highest BCUT2D eigenvalue weighted by atomic mass is 16.5. The largest absolute Gasteiger partial charge is 0.493 e. The zero-order valence-corrected chi connectivity index (χ0v) is 17.0. The summed E-state index contributed by atoms with van der Waals surface area (Å²) in [6.45, 7) is 4.16. The van der Waals surface area contributed by atoms with Crippen LogP contribution in [-0.2, 0) is 0 Å². The molecule has 1 heterocycles. The number of hydrogen-bond donors (Lipinski definition) is 0. The molecule has 4 nitrogen and oxygen atoms in total. The summed E-state index contributed by atoms with van der Waals surface area (Å²) in [7, 11) is 3.25. The van der Waals surface area contributed by atoms with Crippen LogP contribution in [0, 0.1) is 13.8 Å². The number of nitrogens with zero attached hydrogens (tertiary/aromatic N) is 1. The van der Waals surface area contributed by atoms with Gasteiger partial charge in [-0.05, 0) is 61.4 Å². The molecule has 0 amide bonds. The lowest BCUT2D eigenvalue weighted by molar-refractivity contribution is 0.355. The summed E-state index contributed by atoms with van der Waals surface area (Å²) in [5.74, 6) is 2.05. The molecule has 1 aromatic heterocycles. The summed E-state index contributed by atoms with van der Waals surface area (Å²) in [5, 5.41) is 1.89. The average Bonchev–Trinajstić information content (AvgIpc) is 2.73. The fraction of sp³-hybridized carbons (Fsp3) is 0.160. The summed E-state index contributed by atoms with van der Waals surface area (Å²) in [5.41, 5.74) is 4.89. The van der Waals surface area contributed by atoms with Crippen LogP contribution in [0.1, 0.15) is 11.1 Å². The van der Waals surface area contributed by atoms with Gasteiger partial charge >= 0.3 is 0 Å². The number of aryl methyl sites for hydroxylation is 2. The maximum atomic E-state index is 6.30. The summed E-state index contributed by atoms with van der Waals surface area (Å²) >= 11 is 0. The van der Waals surface area contributed by atoms with Crippen LogP contribution in [0.15, 0.2) is 76.1 Å². The van der Waals surface area contributed by atoms with E-state index in [1.165, 1.54) is 0 Å². The molecule has 0 atom stereocenters. The van der Waals surface area contributed by atoms with Crippen LogP contribution in [0.3, 0.4) is 0 Å². The lowest BCUT2D eigenvalue weighted by Crippen LogP contribution is -2.05. The topological polar surface area (TPSA) is 44.0 Å². The molecular weight excluding hydrogens is 362 g/mol. The van der Waals surface area contributed by atoms with E-state index in [2.05, 4.69) is 26.0 Å². The van der Waals surface area contributed by atoms with Crippen LogP contribution in [0.4, 0.5) is 5.69 Å². The molecule has 146 valence electrons. The van der Waals surface area contributed by atoms with Gasteiger partial charge in [0.2, 0.25) is 0 Å². The first-order valence-corrected chi connectivity index (χ1v) is 9.46. The molecule has 3 aromatic carbocycles. The second-order valence-corrected chi connectivity index (χ2v) is 6.97. The van der Waals surface area contributed by atoms with Gasteiger partial charge in [0.05, 0.1) is 25.3 Å². The first kappa shape index (κ1) is 18.8. The molecule has 29 heavy (non-hydrogen) atoms. The third kappa shape index (κ3) is 3.74. The minimum Gasteiger partial charge on any atom is -0.493 e. The minimum atomic E-state index is 0.655. The molecule has 0 saturated heterocycles. The highest BCUT2D eigenvalue weighted by Crippen LogP contribution is 2.33. The van der Waals surface area contributed by atoms with Gasteiger partial charge in [-0.2, -0.15) is 0 Å². The minimum absolute atomic E-state index is 0.655. The van der Waals surface area contributed by atoms with Gasteiger partial charge in [-0.3, -0.25) is 0 Å². The molecule has 0 spiro atoms. The number of hydrogen-bond acceptors (Lipinski definition) is 4. The van der Waals surface area contributed by atoms with E-state index in [0.717, 1.165) is 44.5 Å². The Morgan fingerprint density at radius 2 is 1.55 bits per heavy atom. The molecule has 0 N–H and O–H groups in total. The summed E-state index contributed by atoms with van der Waals surface area (Å²) in [4.78, 5) is 4.91. The van der Waals surface area contributed by atoms with E-state index >= 15 is 0 Å². The van der Waals surface area contributed by atoms with Crippen molar-refractivity contribution in [1.82, 2.24) is 0 Å². The summed E-state index contributed by atoms with van der Waals surface area (Å²) < 4.78 is 17.1. The Morgan fingerprint density at radius 3 is 2.28 bits per heavy atom. The molecule has 0 aliphatic heterocycles. The van der Waals surface area contributed by atoms with Crippen molar-refractivity contribution in [1.29, 1.82) is 0 Å². The molecule has 4 rings (SSSR count). The van der Waals surface area contributed by atoms with E-state index in [-0.39, 0.29) is 0 Å². The lowest BCUT2D eigenvalue weighted by Gasteiger charge is -2.11. The van der Waals surface area contributed by atoms with Crippen molar-refractivity contribution < 1.29 is 13.9 Å². The second-order valence-electron chi connectivity index (χ2n) is 6.97. The molecule has 0 aliphatic rings. The standard InChI is InChI=1S/C25H23NO3/c1-16-12-17(2)25-20(26-19-8-6-5-7-9-19)15-22(29-24(25)13-16)18-10-11-21(27-3)23(14-18)28-4/h5-15H,1-4H3. The van der Waals surface area contributed by atoms with Gasteiger partial charge in [-0.25, -0.2) is 4.99 Å². The van der Waals surface area contributed by atoms with E-state index < -0.39 is 0 Å². The van der Waals surface area contributed by atoms with Crippen molar-refractivity contribution in [3.8, 4) is 22.8 Å². The number of methoxy groups -OCH3 is 2. The summed E-state index contributed by atoms with van der Waals surface area (Å²) in [6.07, 6.45) is 0. The van der Waals surface area contributed by atoms with E-state index in [1.54, 1.807) is 14.2 Å². The number of ether oxygens (including phenoxy) is 2. The zero-order valence-electron chi connectivity index (χ0n) is 17.0. The fourth-order valence-electron chi connectivity index (χ4n) is 3.54. The van der Waals surface area contributed by atoms with Crippen LogP contribution in [0.5, 0.6) is 11.5 Å². The first-order valence-electron chi connectivity index (χ1n) is 9.46. The molecule has 0 aliphatic carbocycles. The van der Waals surface area contributed by atoms with Crippen LogP contribution in [-0.4, -0.2) is 14.2 Å². The third-order valence-electron chi connectivity index (χ3n) is 4.86. The molecule has 0 bridgehead atoms. The van der Waals surface area contributed by atoms with Gasteiger partial charge in [0.15, 0.2) is 11.5 Å². The average molecular weight is 385 g/mol. The van der Waals surface area contributed by atoms with E-state index in [4.69, 9.17) is 18.9 Å². The van der Waals surface area contributed by atoms with Crippen molar-refractivity contribution in [3.05, 3.63) is 83.2 Å². The Hall–Kier alpha value is -3.53. The zero-order chi connectivity index (χ0) is 20.4. The van der Waals surface area contributed by atoms with Crippen LogP contribution in [0.2, 0.25) is 0 Å². The van der Waals surface area contributed by atoms with E-state index in [0.29, 0.717) is 11.5 Å². The Balaban J connectivity index is 2.01. The van der Waals surface area contributed by atoms with Crippen molar-refractivity contribution in [2.45, 2.75) is 13.8 Å². The quantitative estimate of drug-likeness (QED) is 0.435. The SMILES string of the molecule is COc1ccc(-c2cc(=Nc3ccccc3)c3c(C)cc(C)cc3o2)cc1OC. The summed E-state index contributed by atoms with van der Waals surface area (Å²) in [6, 6.07) is 21.9. The monoisotopic (exact) mass is 385 g/mol. The predicted octanol–water partition coefficient (Wildman–Crippen LogP) is 5.97. The van der Waals surface area contributed by atoms with Crippen LogP contribution >= 0.6 is 0 Å². The van der Waals surface area contributed by atoms with Gasteiger partial charge in [0.25, 0.3) is 0 Å². The molecule has 4 heteroatoms. The second kappa shape index (κ2) is 7.84. The Kier molecular flexibility index (Phi) is 5.09. The van der Waals surface area contributed by atoms with Gasteiger partial charge in [0.1, 0.15) is 11.3 Å². The van der Waals surface area contributed by atoms with Crippen molar-refractivity contribution in [2.24, 2.45) is 4.99 Å². The number of benzene rings is 3. The van der Waals surface area contributed by atoms with Crippen molar-refractivity contribution >= 4 is 16.7 Å². The number of para-hydroxylation sites is 1. The Morgan fingerprint density at radius 1 is 0.793 bits per heavy atom. The highest BCUT2D eigenvalue weighted by Gasteiger charge is 2.12. The van der Waals surface area contributed by atoms with Crippen LogP contribution in [0.25, 0.3) is 22.3 Å². The first-order chi connectivity index (χ1) is 14.1. The predicted molar refractivity (Wildman–Crippen MR) is 116 cm³/mol. The van der Waals surface area contributed by atoms with Gasteiger partial charge in [-0.1, -0.05) is 24.3 Å². The Bertz CT molecular complexity index is 1240. The number of fused-ring (bicyclic) bond motifs is 1. The molecule has 0 unspecified atom stereocenters. The molecule has 4 aromatic rings. The Labute approximate surface area is 170 Å². The highest BCUT2D eigenvalue weighted by molar-refractivity contribution is 5.83. The lowest BCUT2D eigenvalue weighted by atomic mass is 10.0. The molecule has 0 saturated carbocycles. The maximum absolute atomic E-state index is 6.30. The van der Waals surface area contributed by atoms with Crippen molar-refractivity contribution in [2.75, 3.05) is 14.2 Å². The van der Waals surface area contributed by atoms with E-state index in [1.807, 2.05) is 54.6 Å². The molecule has 0 fully saturated rings. The fourth-order valence-corrected chi connectivity index (χ4v) is 3.54. The third-order valence-corrected chi connectivity index (χ3v) is 4.86. The van der Waals surface area contributed by atoms with Crippen molar-refractivity contribution in [3.63, 3.8) is 0 Å². The smallest absolute Gasteiger partial charge is 0.161 e. The molecular formula is C25H23NO3. The van der Waals surface area contributed by atoms with Crippen LogP contribution < -0.4 is 14.8 Å². The van der Waals surface area contributed by atoms with Gasteiger partial charge in [0, 0.05) is 17.0 Å². The maximum Gasteiger partial charge on any atom is 0.161 e. The van der Waals surface area contributed by atoms with E-state index in [9.17, 15) is 0 Å². The number of rotatable bonds is 4. The molecule has 0 radical (unpaired) electrons. The normalized spacial score (nSPS) is 11.7. The van der Waals surface area contributed by atoms with Gasteiger partial charge in [-0.15, -0.1) is 0 Å². The van der Waals surface area contributed by atoms with Gasteiger partial charge < -0.3 is 13.9 Å².